The molecule has 4 nitrogen and oxygen atoms in total. The first kappa shape index (κ1) is 12.3. The lowest BCUT2D eigenvalue weighted by molar-refractivity contribution is 0.798. The Labute approximate surface area is 126 Å². The van der Waals surface area contributed by atoms with E-state index in [4.69, 9.17) is 16.6 Å². The Morgan fingerprint density at radius 3 is 2.57 bits per heavy atom. The number of fused-ring (bicyclic) bond motifs is 2. The molecule has 0 N–H and O–H groups in total. The van der Waals surface area contributed by atoms with Gasteiger partial charge in [0.2, 0.25) is 0 Å². The summed E-state index contributed by atoms with van der Waals surface area (Å²) in [5, 5.41) is 9.48. The molecule has 21 heavy (non-hydrogen) atoms. The Morgan fingerprint density at radius 1 is 0.952 bits per heavy atom. The van der Waals surface area contributed by atoms with Gasteiger partial charge in [-0.2, -0.15) is 4.68 Å². The Morgan fingerprint density at radius 2 is 1.71 bits per heavy atom. The number of hydrogen-bond donors (Lipinski definition) is 0. The van der Waals surface area contributed by atoms with Crippen molar-refractivity contribution < 1.29 is 0 Å². The molecule has 102 valence electrons. The molecule has 2 aromatic carbocycles. The maximum Gasteiger partial charge on any atom is 0.160 e. The highest BCUT2D eigenvalue weighted by molar-refractivity contribution is 6.17. The Bertz CT molecular complexity index is 945. The van der Waals surface area contributed by atoms with E-state index in [0.717, 1.165) is 33.3 Å². The van der Waals surface area contributed by atoms with E-state index in [9.17, 15) is 0 Å². The molecule has 0 fully saturated rings. The maximum absolute atomic E-state index is 6.10. The van der Waals surface area contributed by atoms with Crippen molar-refractivity contribution >= 4 is 33.5 Å². The third kappa shape index (κ3) is 1.96. The molecular formula is C16H11ClN4. The highest BCUT2D eigenvalue weighted by Crippen LogP contribution is 2.23. The summed E-state index contributed by atoms with van der Waals surface area (Å²) in [4.78, 5) is 4.71. The maximum atomic E-state index is 6.10. The van der Waals surface area contributed by atoms with Gasteiger partial charge in [-0.25, -0.2) is 4.98 Å². The van der Waals surface area contributed by atoms with Crippen molar-refractivity contribution in [3.63, 3.8) is 0 Å². The van der Waals surface area contributed by atoms with Crippen molar-refractivity contribution in [1.82, 2.24) is 20.0 Å². The molecule has 0 aliphatic rings. The first-order chi connectivity index (χ1) is 10.4. The van der Waals surface area contributed by atoms with Gasteiger partial charge in [0.15, 0.2) is 5.82 Å². The molecule has 0 atom stereocenters. The van der Waals surface area contributed by atoms with Gasteiger partial charge in [-0.15, -0.1) is 16.7 Å². The first-order valence-corrected chi connectivity index (χ1v) is 7.16. The molecule has 0 bridgehead atoms. The molecule has 0 aliphatic heterocycles. The lowest BCUT2D eigenvalue weighted by Crippen LogP contribution is -2.04. The minimum Gasteiger partial charge on any atom is -0.228 e. The van der Waals surface area contributed by atoms with Crippen molar-refractivity contribution in [2.75, 3.05) is 0 Å². The van der Waals surface area contributed by atoms with Gasteiger partial charge in [0, 0.05) is 10.9 Å². The van der Waals surface area contributed by atoms with Crippen LogP contribution in [0, 0.1) is 0 Å². The van der Waals surface area contributed by atoms with Crippen LogP contribution in [0.15, 0.2) is 54.6 Å². The van der Waals surface area contributed by atoms with Crippen LogP contribution in [0.25, 0.3) is 27.8 Å². The average molecular weight is 295 g/mol. The molecule has 0 amide bonds. The number of nitrogens with zero attached hydrogens (tertiary/aromatic N) is 4. The van der Waals surface area contributed by atoms with E-state index in [2.05, 4.69) is 16.4 Å². The summed E-state index contributed by atoms with van der Waals surface area (Å²) in [7, 11) is 0. The fraction of sp³-hybridized carbons (Fsp3) is 0.0625. The predicted molar refractivity (Wildman–Crippen MR) is 83.7 cm³/mol. The second-order valence-electron chi connectivity index (χ2n) is 4.79. The van der Waals surface area contributed by atoms with Crippen LogP contribution in [0.2, 0.25) is 0 Å². The molecule has 0 radical (unpaired) electrons. The third-order valence-electron chi connectivity index (χ3n) is 3.48. The standard InChI is InChI=1S/C16H11ClN4/c17-10-12-9-11-5-1-2-6-13(11)18-16(12)21-15-8-4-3-7-14(15)19-20-21/h1-9H,10H2. The van der Waals surface area contributed by atoms with Crippen LogP contribution in [-0.4, -0.2) is 20.0 Å². The fourth-order valence-corrected chi connectivity index (χ4v) is 2.65. The van der Waals surface area contributed by atoms with Crippen molar-refractivity contribution in [2.24, 2.45) is 0 Å². The normalized spacial score (nSPS) is 11.3. The number of hydrogen-bond acceptors (Lipinski definition) is 3. The van der Waals surface area contributed by atoms with E-state index >= 15 is 0 Å². The van der Waals surface area contributed by atoms with E-state index in [0.29, 0.717) is 5.88 Å². The third-order valence-corrected chi connectivity index (χ3v) is 3.76. The summed E-state index contributed by atoms with van der Waals surface area (Å²) in [6, 6.07) is 17.8. The molecule has 2 heterocycles. The minimum absolute atomic E-state index is 0.376. The smallest absolute Gasteiger partial charge is 0.160 e. The molecule has 5 heteroatoms. The molecule has 4 rings (SSSR count). The number of rotatable bonds is 2. The number of halogens is 1. The zero-order valence-electron chi connectivity index (χ0n) is 11.1. The monoisotopic (exact) mass is 294 g/mol. The Kier molecular flexibility index (Phi) is 2.82. The minimum atomic E-state index is 0.376. The van der Waals surface area contributed by atoms with Gasteiger partial charge < -0.3 is 0 Å². The number of pyridine rings is 1. The molecule has 0 aliphatic carbocycles. The van der Waals surface area contributed by atoms with E-state index in [1.807, 2.05) is 48.5 Å². The molecule has 0 saturated heterocycles. The zero-order chi connectivity index (χ0) is 14.2. The Hall–Kier alpha value is -2.46. The second-order valence-corrected chi connectivity index (χ2v) is 5.05. The van der Waals surface area contributed by atoms with Crippen molar-refractivity contribution in [3.05, 3.63) is 60.2 Å². The topological polar surface area (TPSA) is 43.6 Å². The van der Waals surface area contributed by atoms with Gasteiger partial charge in [0.1, 0.15) is 5.52 Å². The number of alkyl halides is 1. The first-order valence-electron chi connectivity index (χ1n) is 6.62. The lowest BCUT2D eigenvalue weighted by atomic mass is 10.1. The molecule has 4 aromatic rings. The molecule has 0 spiro atoms. The summed E-state index contributed by atoms with van der Waals surface area (Å²) in [6.45, 7) is 0. The summed E-state index contributed by atoms with van der Waals surface area (Å²) < 4.78 is 1.75. The van der Waals surface area contributed by atoms with Crippen LogP contribution in [0.3, 0.4) is 0 Å². The van der Waals surface area contributed by atoms with Crippen LogP contribution in [0.1, 0.15) is 5.56 Å². The van der Waals surface area contributed by atoms with Crippen molar-refractivity contribution in [2.45, 2.75) is 5.88 Å². The van der Waals surface area contributed by atoms with Crippen LogP contribution < -0.4 is 0 Å². The van der Waals surface area contributed by atoms with Gasteiger partial charge >= 0.3 is 0 Å². The molecular weight excluding hydrogens is 284 g/mol. The molecule has 0 unspecified atom stereocenters. The highest BCUT2D eigenvalue weighted by atomic mass is 35.5. The fourth-order valence-electron chi connectivity index (χ4n) is 2.46. The van der Waals surface area contributed by atoms with Crippen LogP contribution in [0.4, 0.5) is 0 Å². The van der Waals surface area contributed by atoms with E-state index < -0.39 is 0 Å². The van der Waals surface area contributed by atoms with Gasteiger partial charge in [-0.05, 0) is 24.3 Å². The van der Waals surface area contributed by atoms with Crippen molar-refractivity contribution in [3.8, 4) is 5.82 Å². The average Bonchev–Trinajstić information content (AvgIpc) is 2.97. The van der Waals surface area contributed by atoms with E-state index in [1.165, 1.54) is 0 Å². The summed E-state index contributed by atoms with van der Waals surface area (Å²) >= 11 is 6.10. The van der Waals surface area contributed by atoms with Crippen LogP contribution in [-0.2, 0) is 5.88 Å². The summed E-state index contributed by atoms with van der Waals surface area (Å²) in [6.07, 6.45) is 0. The van der Waals surface area contributed by atoms with Crippen LogP contribution >= 0.6 is 11.6 Å². The quantitative estimate of drug-likeness (QED) is 0.529. The number of aromatic nitrogens is 4. The molecule has 0 saturated carbocycles. The van der Waals surface area contributed by atoms with Crippen LogP contribution in [0.5, 0.6) is 0 Å². The highest BCUT2D eigenvalue weighted by Gasteiger charge is 2.12. The zero-order valence-corrected chi connectivity index (χ0v) is 11.8. The Balaban J connectivity index is 2.04. The predicted octanol–water partition coefficient (Wildman–Crippen LogP) is 3.71. The summed E-state index contributed by atoms with van der Waals surface area (Å²) in [5.74, 6) is 1.11. The number of para-hydroxylation sites is 2. The van der Waals surface area contributed by atoms with Gasteiger partial charge in [0.25, 0.3) is 0 Å². The van der Waals surface area contributed by atoms with E-state index in [1.54, 1.807) is 4.68 Å². The molecule has 2 aromatic heterocycles. The van der Waals surface area contributed by atoms with Gasteiger partial charge in [0.05, 0.1) is 16.9 Å². The second kappa shape index (κ2) is 4.82. The largest absolute Gasteiger partial charge is 0.228 e. The number of benzene rings is 2. The summed E-state index contributed by atoms with van der Waals surface area (Å²) in [5.41, 5.74) is 3.62. The van der Waals surface area contributed by atoms with Crippen molar-refractivity contribution in [1.29, 1.82) is 0 Å². The van der Waals surface area contributed by atoms with Gasteiger partial charge in [-0.1, -0.05) is 35.5 Å². The van der Waals surface area contributed by atoms with E-state index in [-0.39, 0.29) is 0 Å². The lowest BCUT2D eigenvalue weighted by Gasteiger charge is -2.08. The van der Waals surface area contributed by atoms with Gasteiger partial charge in [-0.3, -0.25) is 0 Å². The SMILES string of the molecule is ClCc1cc2ccccc2nc1-n1nnc2ccccc21.